The average Bonchev–Trinajstić information content (AvgIpc) is 2.65. The summed E-state index contributed by atoms with van der Waals surface area (Å²) in [5.41, 5.74) is 0.124. The Morgan fingerprint density at radius 2 is 1.70 bits per heavy atom. The van der Waals surface area contributed by atoms with Gasteiger partial charge in [-0.3, -0.25) is 4.79 Å². The van der Waals surface area contributed by atoms with Crippen molar-refractivity contribution in [2.24, 2.45) is 0 Å². The van der Waals surface area contributed by atoms with E-state index in [2.05, 4.69) is 5.32 Å². The van der Waals surface area contributed by atoms with Gasteiger partial charge in [0.25, 0.3) is 5.91 Å². The number of ether oxygens (including phenoxy) is 3. The summed E-state index contributed by atoms with van der Waals surface area (Å²) in [5, 5.41) is 2.46. The van der Waals surface area contributed by atoms with Gasteiger partial charge >= 0.3 is 5.97 Å². The van der Waals surface area contributed by atoms with Gasteiger partial charge in [0.05, 0.1) is 13.2 Å². The molecule has 1 atom stereocenters. The molecule has 8 heteroatoms. The summed E-state index contributed by atoms with van der Waals surface area (Å²) in [4.78, 5) is 23.5. The molecule has 1 amide bonds. The fourth-order valence-corrected chi connectivity index (χ4v) is 2.22. The fourth-order valence-electron chi connectivity index (χ4n) is 2.22. The normalized spacial score (nSPS) is 11.4. The first-order valence-corrected chi connectivity index (χ1v) is 8.06. The molecule has 0 aliphatic rings. The quantitative estimate of drug-likeness (QED) is 0.714. The summed E-state index contributed by atoms with van der Waals surface area (Å²) < 4.78 is 41.6. The van der Waals surface area contributed by atoms with E-state index in [-0.39, 0.29) is 12.2 Å². The molecule has 1 N–H and O–H groups in total. The third kappa shape index (κ3) is 6.25. The Morgan fingerprint density at radius 3 is 2.33 bits per heavy atom. The maximum atomic E-state index is 13.7. The molecule has 2 rings (SSSR count). The molecule has 0 aromatic heterocycles. The minimum Gasteiger partial charge on any atom is -0.497 e. The van der Waals surface area contributed by atoms with Crippen LogP contribution in [0.1, 0.15) is 18.5 Å². The second-order valence-electron chi connectivity index (χ2n) is 5.58. The lowest BCUT2D eigenvalue weighted by molar-refractivity contribution is -0.150. The molecule has 0 fully saturated rings. The lowest BCUT2D eigenvalue weighted by Crippen LogP contribution is -2.32. The SMILES string of the molecule is COc1ccc(OCC(=O)OCC(=O)N[C@@H](C)c2ccc(F)cc2F)cc1. The Balaban J connectivity index is 1.74. The van der Waals surface area contributed by atoms with Crippen molar-refractivity contribution >= 4 is 11.9 Å². The van der Waals surface area contributed by atoms with Crippen molar-refractivity contribution in [3.8, 4) is 11.5 Å². The van der Waals surface area contributed by atoms with Gasteiger partial charge in [0, 0.05) is 11.6 Å². The highest BCUT2D eigenvalue weighted by Gasteiger charge is 2.15. The van der Waals surface area contributed by atoms with E-state index < -0.39 is 36.2 Å². The lowest BCUT2D eigenvalue weighted by atomic mass is 10.1. The largest absolute Gasteiger partial charge is 0.497 e. The Bertz CT molecular complexity index is 795. The second-order valence-corrected chi connectivity index (χ2v) is 5.58. The molecular formula is C19H19F2NO5. The Hall–Kier alpha value is -3.16. The number of hydrogen-bond donors (Lipinski definition) is 1. The number of halogens is 2. The summed E-state index contributed by atoms with van der Waals surface area (Å²) in [6, 6.07) is 8.94. The van der Waals surface area contributed by atoms with E-state index >= 15 is 0 Å². The highest BCUT2D eigenvalue weighted by molar-refractivity contribution is 5.81. The van der Waals surface area contributed by atoms with Gasteiger partial charge in [0.1, 0.15) is 23.1 Å². The first-order chi connectivity index (χ1) is 12.9. The van der Waals surface area contributed by atoms with Crippen LogP contribution in [0.15, 0.2) is 42.5 Å². The molecule has 0 aliphatic heterocycles. The number of carbonyl (C=O) groups excluding carboxylic acids is 2. The second kappa shape index (κ2) is 9.51. The Labute approximate surface area is 155 Å². The van der Waals surface area contributed by atoms with Crippen LogP contribution in [0.25, 0.3) is 0 Å². The van der Waals surface area contributed by atoms with Crippen LogP contribution >= 0.6 is 0 Å². The highest BCUT2D eigenvalue weighted by atomic mass is 19.1. The molecule has 0 aliphatic carbocycles. The minimum atomic E-state index is -0.771. The van der Waals surface area contributed by atoms with Crippen LogP contribution in [0.3, 0.4) is 0 Å². The van der Waals surface area contributed by atoms with E-state index in [1.165, 1.54) is 20.1 Å². The highest BCUT2D eigenvalue weighted by Crippen LogP contribution is 2.18. The molecule has 0 spiro atoms. The predicted octanol–water partition coefficient (Wildman–Crippen LogP) is 2.77. The van der Waals surface area contributed by atoms with E-state index in [4.69, 9.17) is 14.2 Å². The predicted molar refractivity (Wildman–Crippen MR) is 92.4 cm³/mol. The summed E-state index contributed by atoms with van der Waals surface area (Å²) >= 11 is 0. The molecule has 2 aromatic rings. The molecule has 6 nitrogen and oxygen atoms in total. The van der Waals surface area contributed by atoms with Gasteiger partial charge < -0.3 is 19.5 Å². The van der Waals surface area contributed by atoms with Crippen LogP contribution < -0.4 is 14.8 Å². The number of esters is 1. The van der Waals surface area contributed by atoms with Crippen LogP contribution in [0, 0.1) is 11.6 Å². The zero-order valence-corrected chi connectivity index (χ0v) is 14.8. The molecule has 0 heterocycles. The van der Waals surface area contributed by atoms with Gasteiger partial charge in [-0.15, -0.1) is 0 Å². The maximum Gasteiger partial charge on any atom is 0.344 e. The van der Waals surface area contributed by atoms with Gasteiger partial charge in [-0.1, -0.05) is 6.07 Å². The number of nitrogens with one attached hydrogen (secondary N) is 1. The van der Waals surface area contributed by atoms with Crippen LogP contribution in [0.4, 0.5) is 8.78 Å². The Morgan fingerprint density at radius 1 is 1.04 bits per heavy atom. The molecule has 144 valence electrons. The number of hydrogen-bond acceptors (Lipinski definition) is 5. The van der Waals surface area contributed by atoms with E-state index in [0.717, 1.165) is 12.1 Å². The molecule has 0 saturated heterocycles. The van der Waals surface area contributed by atoms with Crippen LogP contribution in [-0.2, 0) is 14.3 Å². The average molecular weight is 379 g/mol. The zero-order valence-electron chi connectivity index (χ0n) is 14.8. The third-order valence-corrected chi connectivity index (χ3v) is 3.59. The molecular weight excluding hydrogens is 360 g/mol. The van der Waals surface area contributed by atoms with Gasteiger partial charge in [-0.25, -0.2) is 13.6 Å². The number of methoxy groups -OCH3 is 1. The number of amides is 1. The van der Waals surface area contributed by atoms with Crippen molar-refractivity contribution in [3.63, 3.8) is 0 Å². The van der Waals surface area contributed by atoms with Crippen molar-refractivity contribution in [1.82, 2.24) is 5.32 Å². The van der Waals surface area contributed by atoms with Crippen molar-refractivity contribution in [2.45, 2.75) is 13.0 Å². The Kier molecular flexibility index (Phi) is 7.10. The number of benzene rings is 2. The van der Waals surface area contributed by atoms with Gasteiger partial charge in [0.15, 0.2) is 13.2 Å². The van der Waals surface area contributed by atoms with E-state index in [1.807, 2.05) is 0 Å². The smallest absolute Gasteiger partial charge is 0.344 e. The van der Waals surface area contributed by atoms with Gasteiger partial charge in [-0.2, -0.15) is 0 Å². The molecule has 0 unspecified atom stereocenters. The third-order valence-electron chi connectivity index (χ3n) is 3.59. The minimum absolute atomic E-state index is 0.124. The van der Waals surface area contributed by atoms with Crippen molar-refractivity contribution < 1.29 is 32.6 Å². The summed E-state index contributed by atoms with van der Waals surface area (Å²) in [7, 11) is 1.53. The topological polar surface area (TPSA) is 73.9 Å². The summed E-state index contributed by atoms with van der Waals surface area (Å²) in [6.45, 7) is 0.614. The van der Waals surface area contributed by atoms with Crippen molar-refractivity contribution in [2.75, 3.05) is 20.3 Å². The first kappa shape index (κ1) is 20.2. The standard InChI is InChI=1S/C19H19F2NO5/c1-12(16-8-3-13(20)9-17(16)21)22-18(23)10-27-19(24)11-26-15-6-4-14(25-2)5-7-15/h3-9,12H,10-11H2,1-2H3,(H,22,23)/t12-/m0/s1. The number of carbonyl (C=O) groups is 2. The van der Waals surface area contributed by atoms with E-state index in [9.17, 15) is 18.4 Å². The van der Waals surface area contributed by atoms with Crippen LogP contribution in [-0.4, -0.2) is 32.2 Å². The monoisotopic (exact) mass is 379 g/mol. The van der Waals surface area contributed by atoms with Crippen molar-refractivity contribution in [1.29, 1.82) is 0 Å². The summed E-state index contributed by atoms with van der Waals surface area (Å²) in [5.74, 6) is -1.75. The van der Waals surface area contributed by atoms with E-state index in [0.29, 0.717) is 11.5 Å². The zero-order chi connectivity index (χ0) is 19.8. The maximum absolute atomic E-state index is 13.7. The van der Waals surface area contributed by atoms with Gasteiger partial charge in [0.2, 0.25) is 0 Å². The fraction of sp³-hybridized carbons (Fsp3) is 0.263. The number of rotatable bonds is 8. The van der Waals surface area contributed by atoms with E-state index in [1.54, 1.807) is 24.3 Å². The summed E-state index contributed by atoms with van der Waals surface area (Å²) in [6.07, 6.45) is 0. The van der Waals surface area contributed by atoms with Gasteiger partial charge in [-0.05, 0) is 37.3 Å². The molecule has 0 bridgehead atoms. The molecule has 0 saturated carbocycles. The molecule has 0 radical (unpaired) electrons. The van der Waals surface area contributed by atoms with Crippen LogP contribution in [0.2, 0.25) is 0 Å². The first-order valence-electron chi connectivity index (χ1n) is 8.06. The van der Waals surface area contributed by atoms with Crippen LogP contribution in [0.5, 0.6) is 11.5 Å². The molecule has 2 aromatic carbocycles. The lowest BCUT2D eigenvalue weighted by Gasteiger charge is -2.15. The molecule has 27 heavy (non-hydrogen) atoms. The van der Waals surface area contributed by atoms with Crippen molar-refractivity contribution in [3.05, 3.63) is 59.7 Å².